The minimum absolute atomic E-state index is 0.656. The van der Waals surface area contributed by atoms with Crippen molar-refractivity contribution in [1.82, 2.24) is 4.98 Å². The van der Waals surface area contributed by atoms with Crippen LogP contribution in [0.2, 0.25) is 0 Å². The Morgan fingerprint density at radius 1 is 0.905 bits per heavy atom. The van der Waals surface area contributed by atoms with Gasteiger partial charge in [-0.2, -0.15) is 0 Å². The second kappa shape index (κ2) is 6.10. The van der Waals surface area contributed by atoms with Gasteiger partial charge in [-0.15, -0.1) is 11.3 Å². The summed E-state index contributed by atoms with van der Waals surface area (Å²) in [6.45, 7) is 2.03. The normalized spacial score (nSPS) is 10.7. The van der Waals surface area contributed by atoms with Crippen LogP contribution in [0.3, 0.4) is 0 Å². The van der Waals surface area contributed by atoms with Crippen molar-refractivity contribution in [3.63, 3.8) is 0 Å². The fraction of sp³-hybridized carbons (Fsp3) is 0.167. The lowest BCUT2D eigenvalue weighted by molar-refractivity contribution is 1.08. The van der Waals surface area contributed by atoms with Crippen LogP contribution < -0.4 is 5.73 Å². The lowest BCUT2D eigenvalue weighted by Crippen LogP contribution is -1.96. The van der Waals surface area contributed by atoms with Gasteiger partial charge in [0.05, 0.1) is 5.69 Å². The largest absolute Gasteiger partial charge is 0.375 e. The summed E-state index contributed by atoms with van der Waals surface area (Å²) in [5, 5.41) is 0.656. The van der Waals surface area contributed by atoms with Crippen molar-refractivity contribution in [2.75, 3.05) is 5.73 Å². The highest BCUT2D eigenvalue weighted by Crippen LogP contribution is 2.25. The van der Waals surface area contributed by atoms with Crippen LogP contribution in [-0.2, 0) is 12.8 Å². The number of hydrogen-bond acceptors (Lipinski definition) is 3. The van der Waals surface area contributed by atoms with E-state index in [2.05, 4.69) is 59.6 Å². The summed E-state index contributed by atoms with van der Waals surface area (Å²) < 4.78 is 0. The second-order valence-corrected chi connectivity index (χ2v) is 6.28. The maximum Gasteiger partial charge on any atom is 0.180 e. The summed E-state index contributed by atoms with van der Waals surface area (Å²) in [4.78, 5) is 5.57. The molecule has 0 fully saturated rings. The molecule has 0 atom stereocenters. The molecule has 0 radical (unpaired) electrons. The lowest BCUT2D eigenvalue weighted by atomic mass is 9.97. The molecule has 0 bridgehead atoms. The zero-order valence-electron chi connectivity index (χ0n) is 12.0. The Kier molecular flexibility index (Phi) is 4.02. The van der Waals surface area contributed by atoms with Gasteiger partial charge in [-0.1, -0.05) is 54.6 Å². The van der Waals surface area contributed by atoms with Crippen molar-refractivity contribution in [1.29, 1.82) is 0 Å². The summed E-state index contributed by atoms with van der Waals surface area (Å²) >= 11 is 1.59. The van der Waals surface area contributed by atoms with Crippen LogP contribution in [0.1, 0.15) is 27.3 Å². The average molecular weight is 294 g/mol. The van der Waals surface area contributed by atoms with E-state index in [1.54, 1.807) is 11.3 Å². The number of rotatable bonds is 4. The predicted octanol–water partition coefficient (Wildman–Crippen LogP) is 4.22. The molecular formula is C18H18N2S. The third kappa shape index (κ3) is 3.31. The first-order chi connectivity index (χ1) is 10.2. The molecule has 3 rings (SSSR count). The van der Waals surface area contributed by atoms with Gasteiger partial charge in [0.15, 0.2) is 5.13 Å². The molecule has 2 N–H and O–H groups in total. The lowest BCUT2D eigenvalue weighted by Gasteiger charge is -2.09. The van der Waals surface area contributed by atoms with Crippen molar-refractivity contribution >= 4 is 16.5 Å². The molecule has 2 aromatic carbocycles. The van der Waals surface area contributed by atoms with Crippen LogP contribution in [-0.4, -0.2) is 4.98 Å². The van der Waals surface area contributed by atoms with E-state index in [0.717, 1.165) is 18.5 Å². The highest BCUT2D eigenvalue weighted by atomic mass is 32.1. The second-order valence-electron chi connectivity index (χ2n) is 5.17. The number of thiazole rings is 1. The minimum Gasteiger partial charge on any atom is -0.375 e. The van der Waals surface area contributed by atoms with E-state index < -0.39 is 0 Å². The van der Waals surface area contributed by atoms with E-state index in [1.807, 2.05) is 6.92 Å². The molecule has 0 saturated heterocycles. The van der Waals surface area contributed by atoms with Crippen LogP contribution in [0.15, 0.2) is 54.6 Å². The first-order valence-electron chi connectivity index (χ1n) is 7.05. The van der Waals surface area contributed by atoms with Crippen molar-refractivity contribution < 1.29 is 0 Å². The number of hydrogen-bond donors (Lipinski definition) is 1. The summed E-state index contributed by atoms with van der Waals surface area (Å²) in [5.41, 5.74) is 10.9. The molecule has 0 aliphatic heterocycles. The molecule has 0 aliphatic carbocycles. The fourth-order valence-corrected chi connectivity index (χ4v) is 3.36. The van der Waals surface area contributed by atoms with Crippen molar-refractivity contribution in [3.05, 3.63) is 81.9 Å². The van der Waals surface area contributed by atoms with E-state index in [-0.39, 0.29) is 0 Å². The molecule has 3 heteroatoms. The first-order valence-corrected chi connectivity index (χ1v) is 7.86. The molecule has 21 heavy (non-hydrogen) atoms. The SMILES string of the molecule is Cc1nc(N)sc1Cc1ccccc1Cc1ccccc1. The van der Waals surface area contributed by atoms with E-state index in [1.165, 1.54) is 21.6 Å². The topological polar surface area (TPSA) is 38.9 Å². The smallest absolute Gasteiger partial charge is 0.180 e. The summed E-state index contributed by atoms with van der Waals surface area (Å²) in [6.07, 6.45) is 1.87. The average Bonchev–Trinajstić information content (AvgIpc) is 2.80. The van der Waals surface area contributed by atoms with E-state index in [4.69, 9.17) is 5.73 Å². The molecule has 0 unspecified atom stereocenters. The molecule has 1 heterocycles. The van der Waals surface area contributed by atoms with Gasteiger partial charge in [0, 0.05) is 11.3 Å². The molecule has 0 saturated carbocycles. The van der Waals surface area contributed by atoms with Crippen LogP contribution >= 0.6 is 11.3 Å². The van der Waals surface area contributed by atoms with Crippen molar-refractivity contribution in [3.8, 4) is 0 Å². The molecule has 0 amide bonds. The highest BCUT2D eigenvalue weighted by molar-refractivity contribution is 7.15. The number of nitrogen functional groups attached to an aromatic ring is 1. The molecule has 1 aromatic heterocycles. The van der Waals surface area contributed by atoms with Crippen LogP contribution in [0, 0.1) is 6.92 Å². The van der Waals surface area contributed by atoms with E-state index in [9.17, 15) is 0 Å². The number of aryl methyl sites for hydroxylation is 1. The third-order valence-corrected chi connectivity index (χ3v) is 4.60. The Bertz CT molecular complexity index is 732. The van der Waals surface area contributed by atoms with E-state index >= 15 is 0 Å². The number of aromatic nitrogens is 1. The van der Waals surface area contributed by atoms with Crippen molar-refractivity contribution in [2.45, 2.75) is 19.8 Å². The zero-order valence-corrected chi connectivity index (χ0v) is 12.9. The van der Waals surface area contributed by atoms with Crippen LogP contribution in [0.4, 0.5) is 5.13 Å². The standard InChI is InChI=1S/C18H18N2S/c1-13-17(21-18(19)20-13)12-16-10-6-5-9-15(16)11-14-7-3-2-4-8-14/h2-10H,11-12H2,1H3,(H2,19,20). The van der Waals surface area contributed by atoms with Gasteiger partial charge in [0.1, 0.15) is 0 Å². The Hall–Kier alpha value is -2.13. The van der Waals surface area contributed by atoms with Gasteiger partial charge in [-0.25, -0.2) is 4.98 Å². The summed E-state index contributed by atoms with van der Waals surface area (Å²) in [5.74, 6) is 0. The third-order valence-electron chi connectivity index (χ3n) is 3.62. The Morgan fingerprint density at radius 2 is 1.52 bits per heavy atom. The first kappa shape index (κ1) is 13.8. The maximum absolute atomic E-state index is 5.80. The number of nitrogens with zero attached hydrogens (tertiary/aromatic N) is 1. The van der Waals surface area contributed by atoms with Crippen molar-refractivity contribution in [2.24, 2.45) is 0 Å². The minimum atomic E-state index is 0.656. The Balaban J connectivity index is 1.87. The summed E-state index contributed by atoms with van der Waals surface area (Å²) in [6, 6.07) is 19.2. The molecular weight excluding hydrogens is 276 g/mol. The van der Waals surface area contributed by atoms with Crippen LogP contribution in [0.5, 0.6) is 0 Å². The fourth-order valence-electron chi connectivity index (χ4n) is 2.51. The Morgan fingerprint density at radius 3 is 2.14 bits per heavy atom. The van der Waals surface area contributed by atoms with Gasteiger partial charge in [0.2, 0.25) is 0 Å². The number of benzene rings is 2. The molecule has 3 aromatic rings. The predicted molar refractivity (Wildman–Crippen MR) is 89.8 cm³/mol. The summed E-state index contributed by atoms with van der Waals surface area (Å²) in [7, 11) is 0. The van der Waals surface area contributed by atoms with Gasteiger partial charge < -0.3 is 5.73 Å². The highest BCUT2D eigenvalue weighted by Gasteiger charge is 2.09. The number of anilines is 1. The van der Waals surface area contributed by atoms with E-state index in [0.29, 0.717) is 5.13 Å². The van der Waals surface area contributed by atoms with Gasteiger partial charge in [-0.05, 0) is 30.0 Å². The molecule has 106 valence electrons. The Labute approximate surface area is 129 Å². The van der Waals surface area contributed by atoms with Gasteiger partial charge in [-0.3, -0.25) is 0 Å². The molecule has 0 spiro atoms. The number of nitrogens with two attached hydrogens (primary N) is 1. The monoisotopic (exact) mass is 294 g/mol. The zero-order chi connectivity index (χ0) is 14.7. The van der Waals surface area contributed by atoms with Gasteiger partial charge in [0.25, 0.3) is 0 Å². The van der Waals surface area contributed by atoms with Gasteiger partial charge >= 0.3 is 0 Å². The van der Waals surface area contributed by atoms with Crippen LogP contribution in [0.25, 0.3) is 0 Å². The maximum atomic E-state index is 5.80. The molecule has 2 nitrogen and oxygen atoms in total. The molecule has 0 aliphatic rings. The quantitative estimate of drug-likeness (QED) is 0.782.